The molecule has 0 saturated carbocycles. The van der Waals surface area contributed by atoms with E-state index in [1.807, 2.05) is 0 Å². The van der Waals surface area contributed by atoms with E-state index in [1.54, 1.807) is 0 Å². The molecule has 0 aromatic carbocycles. The summed E-state index contributed by atoms with van der Waals surface area (Å²) in [5, 5.41) is 9.87. The molecule has 0 saturated heterocycles. The van der Waals surface area contributed by atoms with Gasteiger partial charge in [0.25, 0.3) is 0 Å². The van der Waals surface area contributed by atoms with E-state index in [0.717, 1.165) is 89.9 Å². The number of carbonyl (C=O) groups excluding carboxylic acids is 3. The van der Waals surface area contributed by atoms with Crippen LogP contribution in [-0.4, -0.2) is 66.5 Å². The largest absolute Gasteiger partial charge is 0.472 e. The normalized spacial score (nSPS) is 13.5. The summed E-state index contributed by atoms with van der Waals surface area (Å²) in [6.45, 7) is 4.66. The van der Waals surface area contributed by atoms with E-state index < -0.39 is 57.8 Å². The van der Waals surface area contributed by atoms with E-state index in [1.165, 1.54) is 180 Å². The van der Waals surface area contributed by atoms with Gasteiger partial charge < -0.3 is 24.2 Å². The number of hydrogen-bond donors (Lipinski definition) is 2. The SMILES string of the molecule is CCCCC/C=C\C/C=C\CCCCCCCCCCCC(=O)OC(COC(=O)CCCCCCC/C=C\CCCCCCCC)COP(=O)(O)OCC(CO)OC(=O)CCCCCCCCCCC/C=C\CCCCCCCC. The predicted octanol–water partition coefficient (Wildman–Crippen LogP) is 20.5. The van der Waals surface area contributed by atoms with Crippen LogP contribution in [0.3, 0.4) is 0 Å². The Morgan fingerprint density at radius 3 is 0.963 bits per heavy atom. The Labute approximate surface area is 492 Å². The Hall–Kier alpha value is -2.56. The summed E-state index contributed by atoms with van der Waals surface area (Å²) in [6, 6.07) is 0. The molecule has 0 heterocycles. The van der Waals surface area contributed by atoms with Gasteiger partial charge in [-0.3, -0.25) is 23.4 Å². The van der Waals surface area contributed by atoms with Gasteiger partial charge >= 0.3 is 25.7 Å². The smallest absolute Gasteiger partial charge is 0.462 e. The Morgan fingerprint density at radius 1 is 0.350 bits per heavy atom. The molecule has 0 amide bonds. The molecule has 0 spiro atoms. The van der Waals surface area contributed by atoms with Crippen LogP contribution in [0.2, 0.25) is 0 Å². The van der Waals surface area contributed by atoms with Gasteiger partial charge in [-0.25, -0.2) is 4.57 Å². The Bertz CT molecular complexity index is 1530. The van der Waals surface area contributed by atoms with Gasteiger partial charge in [-0.2, -0.15) is 0 Å². The number of aliphatic hydroxyl groups excluding tert-OH is 1. The van der Waals surface area contributed by atoms with Gasteiger partial charge in [0.15, 0.2) is 6.10 Å². The standard InChI is InChI=1S/C68H125O11P/c1-4-7-10-13-16-19-22-25-28-30-32-34-37-40-43-46-49-52-55-58-67(71)78-64(60-69)62-76-80(73,74)77-63-65(61-75-66(70)57-54-51-48-45-42-39-36-27-24-21-18-15-12-9-6-3)79-68(72)59-56-53-50-47-44-41-38-35-33-31-29-26-23-20-17-14-11-8-5-2/h17,20,25-29,36,64-65,69H,4-16,18-19,21-24,30-35,37-63H2,1-3H3,(H,73,74)/b20-17-,28-25-,29-26-,36-27-. The first-order valence-corrected chi connectivity index (χ1v) is 35.0. The zero-order chi connectivity index (χ0) is 58.3. The molecular formula is C68H125O11P. The molecule has 0 bridgehead atoms. The number of ether oxygens (including phenoxy) is 3. The van der Waals surface area contributed by atoms with Gasteiger partial charge in [0.2, 0.25) is 0 Å². The summed E-state index contributed by atoms with van der Waals surface area (Å²) in [5.74, 6) is -1.46. The van der Waals surface area contributed by atoms with Crippen LogP contribution in [0, 0.1) is 0 Å². The molecule has 0 aliphatic rings. The van der Waals surface area contributed by atoms with Crippen LogP contribution < -0.4 is 0 Å². The molecule has 12 heteroatoms. The van der Waals surface area contributed by atoms with Crippen molar-refractivity contribution >= 4 is 25.7 Å². The third-order valence-corrected chi connectivity index (χ3v) is 15.6. The van der Waals surface area contributed by atoms with Gasteiger partial charge in [-0.05, 0) is 103 Å². The quantitative estimate of drug-likeness (QED) is 0.0197. The lowest BCUT2D eigenvalue weighted by Crippen LogP contribution is -2.30. The third-order valence-electron chi connectivity index (χ3n) is 14.7. The average Bonchev–Trinajstić information content (AvgIpc) is 3.45. The van der Waals surface area contributed by atoms with Gasteiger partial charge in [-0.15, -0.1) is 0 Å². The van der Waals surface area contributed by atoms with Crippen molar-refractivity contribution in [2.24, 2.45) is 0 Å². The fourth-order valence-electron chi connectivity index (χ4n) is 9.55. The van der Waals surface area contributed by atoms with E-state index in [9.17, 15) is 28.9 Å². The highest BCUT2D eigenvalue weighted by atomic mass is 31.2. The summed E-state index contributed by atoms with van der Waals surface area (Å²) in [5.41, 5.74) is 0. The maximum absolute atomic E-state index is 13.0. The van der Waals surface area contributed by atoms with Gasteiger partial charge in [0, 0.05) is 19.3 Å². The number of phosphoric acid groups is 1. The minimum Gasteiger partial charge on any atom is -0.462 e. The molecule has 3 unspecified atom stereocenters. The number of unbranched alkanes of at least 4 members (excludes halogenated alkanes) is 38. The summed E-state index contributed by atoms with van der Waals surface area (Å²) >= 11 is 0. The fraction of sp³-hybridized carbons (Fsp3) is 0.838. The van der Waals surface area contributed by atoms with Crippen molar-refractivity contribution in [3.63, 3.8) is 0 Å². The number of hydrogen-bond acceptors (Lipinski definition) is 10. The molecule has 3 atom stereocenters. The first-order chi connectivity index (χ1) is 39.2. The van der Waals surface area contributed by atoms with Crippen LogP contribution >= 0.6 is 7.82 Å². The second kappa shape index (κ2) is 62.5. The van der Waals surface area contributed by atoms with Crippen LogP contribution in [0.15, 0.2) is 48.6 Å². The number of aliphatic hydroxyl groups is 1. The molecule has 468 valence electrons. The second-order valence-corrected chi connectivity index (χ2v) is 24.1. The topological polar surface area (TPSA) is 155 Å². The summed E-state index contributed by atoms with van der Waals surface area (Å²) in [7, 11) is -4.76. The van der Waals surface area contributed by atoms with Crippen molar-refractivity contribution in [3.05, 3.63) is 48.6 Å². The number of carbonyl (C=O) groups is 3. The van der Waals surface area contributed by atoms with Crippen LogP contribution in [0.5, 0.6) is 0 Å². The van der Waals surface area contributed by atoms with E-state index >= 15 is 0 Å². The van der Waals surface area contributed by atoms with Crippen LogP contribution in [0.4, 0.5) is 0 Å². The molecule has 0 aromatic heterocycles. The van der Waals surface area contributed by atoms with E-state index in [2.05, 4.69) is 69.4 Å². The Morgan fingerprint density at radius 2 is 0.613 bits per heavy atom. The molecule has 0 aliphatic carbocycles. The highest BCUT2D eigenvalue weighted by Crippen LogP contribution is 2.43. The van der Waals surface area contributed by atoms with Crippen molar-refractivity contribution in [2.75, 3.05) is 26.4 Å². The first kappa shape index (κ1) is 77.4. The zero-order valence-corrected chi connectivity index (χ0v) is 53.0. The van der Waals surface area contributed by atoms with Crippen molar-refractivity contribution < 1.29 is 52.2 Å². The van der Waals surface area contributed by atoms with Crippen LogP contribution in [0.25, 0.3) is 0 Å². The molecule has 0 aliphatic heterocycles. The first-order valence-electron chi connectivity index (χ1n) is 33.5. The number of allylic oxidation sites excluding steroid dienone is 8. The van der Waals surface area contributed by atoms with E-state index in [-0.39, 0.29) is 25.9 Å². The van der Waals surface area contributed by atoms with Crippen molar-refractivity contribution in [3.8, 4) is 0 Å². The summed E-state index contributed by atoms with van der Waals surface area (Å²) in [4.78, 5) is 48.8. The minimum absolute atomic E-state index is 0.163. The molecule has 11 nitrogen and oxygen atoms in total. The van der Waals surface area contributed by atoms with Crippen LogP contribution in [-0.2, 0) is 42.2 Å². The average molecular weight is 1150 g/mol. The monoisotopic (exact) mass is 1150 g/mol. The van der Waals surface area contributed by atoms with Gasteiger partial charge in [0.1, 0.15) is 12.7 Å². The highest BCUT2D eigenvalue weighted by Gasteiger charge is 2.28. The molecule has 2 N–H and O–H groups in total. The van der Waals surface area contributed by atoms with E-state index in [0.29, 0.717) is 19.3 Å². The highest BCUT2D eigenvalue weighted by molar-refractivity contribution is 7.47. The number of phosphoric ester groups is 1. The molecule has 0 rings (SSSR count). The lowest BCUT2D eigenvalue weighted by Gasteiger charge is -2.21. The molecule has 0 radical (unpaired) electrons. The van der Waals surface area contributed by atoms with E-state index in [4.69, 9.17) is 23.3 Å². The summed E-state index contributed by atoms with van der Waals surface area (Å²) < 4.78 is 39.7. The fourth-order valence-corrected chi connectivity index (χ4v) is 10.3. The van der Waals surface area contributed by atoms with Crippen molar-refractivity contribution in [1.82, 2.24) is 0 Å². The number of esters is 3. The molecule has 80 heavy (non-hydrogen) atoms. The zero-order valence-electron chi connectivity index (χ0n) is 52.1. The third kappa shape index (κ3) is 60.0. The molecule has 0 fully saturated rings. The lowest BCUT2D eigenvalue weighted by molar-refractivity contribution is -0.161. The lowest BCUT2D eigenvalue weighted by atomic mass is 10.1. The van der Waals surface area contributed by atoms with Gasteiger partial charge in [-0.1, -0.05) is 256 Å². The van der Waals surface area contributed by atoms with Crippen molar-refractivity contribution in [2.45, 2.75) is 341 Å². The minimum atomic E-state index is -4.76. The molecular weight excluding hydrogens is 1020 g/mol. The maximum atomic E-state index is 13.0. The molecule has 0 aromatic rings. The Balaban J connectivity index is 4.65. The van der Waals surface area contributed by atoms with Crippen LogP contribution in [0.1, 0.15) is 329 Å². The Kier molecular flexibility index (Phi) is 60.5. The maximum Gasteiger partial charge on any atom is 0.472 e. The predicted molar refractivity (Wildman–Crippen MR) is 335 cm³/mol. The second-order valence-electron chi connectivity index (χ2n) is 22.6. The summed E-state index contributed by atoms with van der Waals surface area (Å²) in [6.07, 6.45) is 69.1. The van der Waals surface area contributed by atoms with Crippen molar-refractivity contribution in [1.29, 1.82) is 0 Å². The van der Waals surface area contributed by atoms with Gasteiger partial charge in [0.05, 0.1) is 19.8 Å². The number of rotatable bonds is 63.